The van der Waals surface area contributed by atoms with E-state index in [1.807, 2.05) is 42.5 Å². The van der Waals surface area contributed by atoms with Crippen molar-refractivity contribution in [1.82, 2.24) is 20.4 Å². The Morgan fingerprint density at radius 3 is 2.68 bits per heavy atom. The first-order chi connectivity index (χ1) is 15.1. The van der Waals surface area contributed by atoms with Gasteiger partial charge in [0, 0.05) is 36.8 Å². The molecule has 3 aromatic rings. The van der Waals surface area contributed by atoms with E-state index in [1.165, 1.54) is 0 Å². The summed E-state index contributed by atoms with van der Waals surface area (Å²) in [5.74, 6) is 0.905. The summed E-state index contributed by atoms with van der Waals surface area (Å²) in [4.78, 5) is 31.2. The molecule has 1 aromatic carbocycles. The highest BCUT2D eigenvalue weighted by atomic mass is 16.5. The quantitative estimate of drug-likeness (QED) is 0.571. The zero-order chi connectivity index (χ0) is 21.6. The highest BCUT2D eigenvalue weighted by Gasteiger charge is 2.34. The third-order valence-corrected chi connectivity index (χ3v) is 5.12. The maximum atomic E-state index is 13.0. The number of benzene rings is 1. The van der Waals surface area contributed by atoms with Gasteiger partial charge in [-0.25, -0.2) is 0 Å². The zero-order valence-corrected chi connectivity index (χ0v) is 17.3. The number of rotatable bonds is 9. The van der Waals surface area contributed by atoms with Crippen molar-refractivity contribution in [3.63, 3.8) is 0 Å². The molecule has 160 valence electrons. The highest BCUT2D eigenvalue weighted by molar-refractivity contribution is 5.94. The summed E-state index contributed by atoms with van der Waals surface area (Å²) in [7, 11) is 1.60. The van der Waals surface area contributed by atoms with Gasteiger partial charge in [-0.2, -0.15) is 0 Å². The molecule has 1 saturated carbocycles. The lowest BCUT2D eigenvalue weighted by atomic mass is 10.1. The number of aromatic nitrogens is 2. The summed E-state index contributed by atoms with van der Waals surface area (Å²) in [5.41, 5.74) is 1.84. The van der Waals surface area contributed by atoms with Crippen LogP contribution in [0.4, 0.5) is 0 Å². The van der Waals surface area contributed by atoms with Crippen LogP contribution in [-0.4, -0.2) is 46.6 Å². The van der Waals surface area contributed by atoms with Gasteiger partial charge in [-0.1, -0.05) is 11.2 Å². The number of nitrogens with one attached hydrogen (secondary N) is 1. The summed E-state index contributed by atoms with van der Waals surface area (Å²) in [6.07, 6.45) is 3.78. The molecule has 1 aliphatic carbocycles. The second kappa shape index (κ2) is 9.42. The van der Waals surface area contributed by atoms with Gasteiger partial charge in [0.1, 0.15) is 5.75 Å². The SMILES string of the molecule is COc1ccc(-c2cc(C(=O)N(CCC(=O)NCc3ccccn3)C3CC3)no2)cc1. The fourth-order valence-electron chi connectivity index (χ4n) is 3.25. The Balaban J connectivity index is 1.35. The molecule has 2 aromatic heterocycles. The Bertz CT molecular complexity index is 1030. The third-order valence-electron chi connectivity index (χ3n) is 5.12. The number of nitrogens with zero attached hydrogens (tertiary/aromatic N) is 3. The number of pyridine rings is 1. The number of methoxy groups -OCH3 is 1. The highest BCUT2D eigenvalue weighted by Crippen LogP contribution is 2.29. The Morgan fingerprint density at radius 2 is 2.00 bits per heavy atom. The van der Waals surface area contributed by atoms with E-state index in [0.717, 1.165) is 29.8 Å². The molecule has 1 aliphatic rings. The fourth-order valence-corrected chi connectivity index (χ4v) is 3.25. The van der Waals surface area contributed by atoms with Crippen LogP contribution in [-0.2, 0) is 11.3 Å². The maximum absolute atomic E-state index is 13.0. The van der Waals surface area contributed by atoms with Crippen molar-refractivity contribution in [1.29, 1.82) is 0 Å². The van der Waals surface area contributed by atoms with Crippen LogP contribution in [0.25, 0.3) is 11.3 Å². The third kappa shape index (κ3) is 5.28. The molecule has 2 heterocycles. The van der Waals surface area contributed by atoms with E-state index in [-0.39, 0.29) is 30.0 Å². The standard InChI is InChI=1S/C23H24N4O4/c1-30-19-9-5-16(6-10-19)21-14-20(26-31-21)23(29)27(18-7-8-18)13-11-22(28)25-15-17-4-2-3-12-24-17/h2-6,9-10,12,14,18H,7-8,11,13,15H2,1H3,(H,25,28). The van der Waals surface area contributed by atoms with Crippen molar-refractivity contribution in [2.75, 3.05) is 13.7 Å². The van der Waals surface area contributed by atoms with Gasteiger partial charge < -0.3 is 19.5 Å². The zero-order valence-electron chi connectivity index (χ0n) is 17.3. The van der Waals surface area contributed by atoms with E-state index < -0.39 is 0 Å². The number of carbonyl (C=O) groups is 2. The molecule has 2 amide bonds. The van der Waals surface area contributed by atoms with Crippen molar-refractivity contribution in [2.45, 2.75) is 31.8 Å². The van der Waals surface area contributed by atoms with E-state index in [9.17, 15) is 9.59 Å². The van der Waals surface area contributed by atoms with Gasteiger partial charge in [0.25, 0.3) is 5.91 Å². The van der Waals surface area contributed by atoms with Gasteiger partial charge >= 0.3 is 0 Å². The van der Waals surface area contributed by atoms with Gasteiger partial charge in [0.2, 0.25) is 5.91 Å². The topological polar surface area (TPSA) is 97.6 Å². The monoisotopic (exact) mass is 420 g/mol. The van der Waals surface area contributed by atoms with Gasteiger partial charge in [-0.05, 0) is 49.2 Å². The van der Waals surface area contributed by atoms with Crippen molar-refractivity contribution < 1.29 is 18.8 Å². The molecule has 0 aliphatic heterocycles. The van der Waals surface area contributed by atoms with Crippen LogP contribution in [0, 0.1) is 0 Å². The molecule has 31 heavy (non-hydrogen) atoms. The van der Waals surface area contributed by atoms with E-state index in [1.54, 1.807) is 24.3 Å². The van der Waals surface area contributed by atoms with Crippen LogP contribution in [0.3, 0.4) is 0 Å². The molecule has 1 N–H and O–H groups in total. The number of amides is 2. The maximum Gasteiger partial charge on any atom is 0.276 e. The second-order valence-electron chi connectivity index (χ2n) is 7.38. The molecule has 4 rings (SSSR count). The number of carbonyl (C=O) groups excluding carboxylic acids is 2. The molecule has 0 unspecified atom stereocenters. The first-order valence-corrected chi connectivity index (χ1v) is 10.2. The molecule has 1 fully saturated rings. The van der Waals surface area contributed by atoms with Crippen LogP contribution in [0.2, 0.25) is 0 Å². The minimum Gasteiger partial charge on any atom is -0.497 e. The molecule has 8 heteroatoms. The molecule has 8 nitrogen and oxygen atoms in total. The average Bonchev–Trinajstić information content (AvgIpc) is 3.53. The molecule has 0 spiro atoms. The van der Waals surface area contributed by atoms with E-state index >= 15 is 0 Å². The van der Waals surface area contributed by atoms with Crippen LogP contribution in [0.5, 0.6) is 5.75 Å². The summed E-state index contributed by atoms with van der Waals surface area (Å²) < 4.78 is 10.5. The Labute approximate surface area is 180 Å². The first-order valence-electron chi connectivity index (χ1n) is 10.2. The lowest BCUT2D eigenvalue weighted by molar-refractivity contribution is -0.121. The Morgan fingerprint density at radius 1 is 1.19 bits per heavy atom. The molecule has 0 bridgehead atoms. The van der Waals surface area contributed by atoms with Crippen molar-refractivity contribution in [2.24, 2.45) is 0 Å². The molecule has 0 saturated heterocycles. The lowest BCUT2D eigenvalue weighted by Crippen LogP contribution is -2.37. The van der Waals surface area contributed by atoms with Crippen LogP contribution < -0.4 is 10.1 Å². The summed E-state index contributed by atoms with van der Waals surface area (Å²) in [5, 5.41) is 6.81. The Hall–Kier alpha value is -3.68. The van der Waals surface area contributed by atoms with E-state index in [0.29, 0.717) is 18.8 Å². The summed E-state index contributed by atoms with van der Waals surface area (Å²) in [6, 6.07) is 14.7. The Kier molecular flexibility index (Phi) is 6.26. The van der Waals surface area contributed by atoms with Crippen molar-refractivity contribution in [3.05, 3.63) is 66.1 Å². The van der Waals surface area contributed by atoms with Gasteiger partial charge in [-0.15, -0.1) is 0 Å². The van der Waals surface area contributed by atoms with E-state index in [4.69, 9.17) is 9.26 Å². The van der Waals surface area contributed by atoms with Crippen LogP contribution in [0.15, 0.2) is 59.3 Å². The predicted molar refractivity (Wildman–Crippen MR) is 113 cm³/mol. The predicted octanol–water partition coefficient (Wildman–Crippen LogP) is 3.06. The molecule has 0 radical (unpaired) electrons. The molecular formula is C23H24N4O4. The van der Waals surface area contributed by atoms with Gasteiger partial charge in [0.05, 0.1) is 19.3 Å². The summed E-state index contributed by atoms with van der Waals surface area (Å²) in [6.45, 7) is 0.702. The molecular weight excluding hydrogens is 396 g/mol. The fraction of sp³-hybridized carbons (Fsp3) is 0.304. The van der Waals surface area contributed by atoms with E-state index in [2.05, 4.69) is 15.5 Å². The number of hydrogen-bond donors (Lipinski definition) is 1. The largest absolute Gasteiger partial charge is 0.497 e. The van der Waals surface area contributed by atoms with Gasteiger partial charge in [0.15, 0.2) is 11.5 Å². The average molecular weight is 420 g/mol. The minimum atomic E-state index is -0.219. The smallest absolute Gasteiger partial charge is 0.276 e. The second-order valence-corrected chi connectivity index (χ2v) is 7.38. The number of hydrogen-bond acceptors (Lipinski definition) is 6. The summed E-state index contributed by atoms with van der Waals surface area (Å²) >= 11 is 0. The minimum absolute atomic E-state index is 0.122. The van der Waals surface area contributed by atoms with Crippen molar-refractivity contribution in [3.8, 4) is 17.1 Å². The van der Waals surface area contributed by atoms with Gasteiger partial charge in [-0.3, -0.25) is 14.6 Å². The van der Waals surface area contributed by atoms with Crippen LogP contribution in [0.1, 0.15) is 35.4 Å². The normalized spacial score (nSPS) is 12.9. The molecule has 0 atom stereocenters. The van der Waals surface area contributed by atoms with Crippen molar-refractivity contribution >= 4 is 11.8 Å². The number of ether oxygens (including phenoxy) is 1. The lowest BCUT2D eigenvalue weighted by Gasteiger charge is -2.20. The van der Waals surface area contributed by atoms with Crippen LogP contribution >= 0.6 is 0 Å². The first kappa shape index (κ1) is 20.6.